The summed E-state index contributed by atoms with van der Waals surface area (Å²) in [6, 6.07) is 10.4. The van der Waals surface area contributed by atoms with Gasteiger partial charge in [-0.05, 0) is 170 Å². The van der Waals surface area contributed by atoms with Crippen molar-refractivity contribution in [3.8, 4) is 5.75 Å². The maximum absolute atomic E-state index is 7.14. The molecule has 2 aromatic carbocycles. The Morgan fingerprint density at radius 1 is 0.489 bits per heavy atom. The Balaban J connectivity index is 1.09. The van der Waals surface area contributed by atoms with Gasteiger partial charge < -0.3 is 4.18 Å². The SMILES string of the molecule is Sc1c(C2CC3CCC2C3)cc(OSc2c(C3CCCCC3)cc(C3CCCCC3)cc2C2CCCCC2)cc1C1CC2CCC1C2. The summed E-state index contributed by atoms with van der Waals surface area (Å²) in [5.74, 6) is 8.31. The predicted molar refractivity (Wildman–Crippen MR) is 200 cm³/mol. The molecule has 7 aliphatic carbocycles. The number of rotatable bonds is 8. The van der Waals surface area contributed by atoms with Gasteiger partial charge in [-0.15, -0.1) is 12.6 Å². The standard InChI is InChI=1S/C44H60OS2/c46-43-41(37-22-28-16-18-33(37)20-28)26-36(27-42(43)38-23-29-17-19-34(38)21-29)45-47-44-39(31-12-6-2-7-13-31)24-35(30-10-4-1-5-11-30)25-40(44)32-14-8-3-9-15-32/h24-34,37-38,46H,1-23H2. The van der Waals surface area contributed by atoms with Crippen molar-refractivity contribution in [2.75, 3.05) is 0 Å². The molecule has 254 valence electrons. The second-order valence-electron chi connectivity index (χ2n) is 17.7. The summed E-state index contributed by atoms with van der Waals surface area (Å²) in [6.07, 6.45) is 32.3. The van der Waals surface area contributed by atoms with Crippen LogP contribution in [-0.4, -0.2) is 0 Å². The zero-order valence-corrected chi connectivity index (χ0v) is 30.7. The molecule has 2 aromatic rings. The molecular formula is C44H60OS2. The van der Waals surface area contributed by atoms with Crippen LogP contribution in [0.25, 0.3) is 0 Å². The summed E-state index contributed by atoms with van der Waals surface area (Å²) in [7, 11) is 0. The van der Waals surface area contributed by atoms with E-state index in [0.717, 1.165) is 35.3 Å². The number of fused-ring (bicyclic) bond motifs is 4. The van der Waals surface area contributed by atoms with Crippen LogP contribution in [0.4, 0.5) is 0 Å². The first-order chi connectivity index (χ1) is 23.2. The van der Waals surface area contributed by atoms with Gasteiger partial charge in [0.2, 0.25) is 0 Å². The topological polar surface area (TPSA) is 9.23 Å². The number of hydrogen-bond donors (Lipinski definition) is 1. The highest BCUT2D eigenvalue weighted by Gasteiger charge is 2.44. The Kier molecular flexibility index (Phi) is 9.45. The molecule has 7 fully saturated rings. The summed E-state index contributed by atoms with van der Waals surface area (Å²) in [5.41, 5.74) is 8.12. The Morgan fingerprint density at radius 3 is 1.38 bits per heavy atom. The van der Waals surface area contributed by atoms with Gasteiger partial charge in [0, 0.05) is 4.90 Å². The molecule has 0 aliphatic heterocycles. The maximum atomic E-state index is 7.14. The van der Waals surface area contributed by atoms with E-state index in [2.05, 4.69) is 24.3 Å². The molecule has 0 N–H and O–H groups in total. The van der Waals surface area contributed by atoms with Crippen LogP contribution < -0.4 is 4.18 Å². The van der Waals surface area contributed by atoms with Crippen molar-refractivity contribution in [2.24, 2.45) is 23.7 Å². The van der Waals surface area contributed by atoms with Crippen molar-refractivity contribution >= 4 is 24.7 Å². The highest BCUT2D eigenvalue weighted by Crippen LogP contribution is 2.58. The molecule has 9 rings (SSSR count). The van der Waals surface area contributed by atoms with Gasteiger partial charge in [0.05, 0.1) is 16.9 Å². The van der Waals surface area contributed by atoms with E-state index < -0.39 is 0 Å². The van der Waals surface area contributed by atoms with Crippen molar-refractivity contribution in [2.45, 2.75) is 187 Å². The van der Waals surface area contributed by atoms with Crippen molar-refractivity contribution in [3.05, 3.63) is 52.1 Å². The molecule has 4 bridgehead atoms. The molecule has 7 aliphatic rings. The molecule has 0 radical (unpaired) electrons. The Labute approximate surface area is 296 Å². The van der Waals surface area contributed by atoms with Gasteiger partial charge in [0.15, 0.2) is 0 Å². The molecule has 0 amide bonds. The lowest BCUT2D eigenvalue weighted by Gasteiger charge is -2.32. The molecule has 0 spiro atoms. The van der Waals surface area contributed by atoms with E-state index in [1.807, 2.05) is 0 Å². The molecule has 6 atom stereocenters. The minimum absolute atomic E-state index is 0.692. The van der Waals surface area contributed by atoms with Gasteiger partial charge >= 0.3 is 0 Å². The van der Waals surface area contributed by atoms with Crippen LogP contribution in [0, 0.1) is 23.7 Å². The first-order valence-electron chi connectivity index (χ1n) is 20.6. The lowest BCUT2D eigenvalue weighted by atomic mass is 9.76. The van der Waals surface area contributed by atoms with E-state index in [0.29, 0.717) is 23.7 Å². The van der Waals surface area contributed by atoms with Gasteiger partial charge in [-0.3, -0.25) is 0 Å². The molecule has 47 heavy (non-hydrogen) atoms. The Hall–Kier alpha value is -1.06. The molecule has 3 heteroatoms. The molecule has 0 saturated heterocycles. The summed E-state index contributed by atoms with van der Waals surface area (Å²) in [6.45, 7) is 0. The van der Waals surface area contributed by atoms with Gasteiger partial charge in [-0.25, -0.2) is 0 Å². The van der Waals surface area contributed by atoms with Crippen LogP contribution in [0.3, 0.4) is 0 Å². The highest BCUT2D eigenvalue weighted by molar-refractivity contribution is 7.95. The smallest absolute Gasteiger partial charge is 0.138 e. The lowest BCUT2D eigenvalue weighted by Crippen LogP contribution is -2.15. The predicted octanol–water partition coefficient (Wildman–Crippen LogP) is 14.0. The fraction of sp³-hybridized carbons (Fsp3) is 0.727. The number of thiol groups is 1. The molecule has 0 heterocycles. The second-order valence-corrected chi connectivity index (χ2v) is 18.9. The Bertz CT molecular complexity index is 1320. The summed E-state index contributed by atoms with van der Waals surface area (Å²) < 4.78 is 7.14. The first kappa shape index (κ1) is 31.9. The molecule has 7 saturated carbocycles. The van der Waals surface area contributed by atoms with Gasteiger partial charge in [0.1, 0.15) is 5.75 Å². The third kappa shape index (κ3) is 6.38. The quantitative estimate of drug-likeness (QED) is 0.221. The van der Waals surface area contributed by atoms with Crippen molar-refractivity contribution < 1.29 is 4.18 Å². The normalized spacial score (nSPS) is 33.2. The third-order valence-corrected chi connectivity index (χ3v) is 16.4. The fourth-order valence-electron chi connectivity index (χ4n) is 12.5. The van der Waals surface area contributed by atoms with Crippen molar-refractivity contribution in [1.29, 1.82) is 0 Å². The van der Waals surface area contributed by atoms with E-state index in [9.17, 15) is 0 Å². The second kappa shape index (κ2) is 13.9. The average Bonchev–Trinajstić information content (AvgIpc) is 3.96. The van der Waals surface area contributed by atoms with Gasteiger partial charge in [0.25, 0.3) is 0 Å². The summed E-state index contributed by atoms with van der Waals surface area (Å²) in [4.78, 5) is 2.88. The van der Waals surface area contributed by atoms with Gasteiger partial charge in [-0.1, -0.05) is 82.8 Å². The molecular weight excluding hydrogens is 609 g/mol. The van der Waals surface area contributed by atoms with Crippen LogP contribution in [0.15, 0.2) is 34.1 Å². The monoisotopic (exact) mass is 668 g/mol. The minimum Gasteiger partial charge on any atom is -0.421 e. The number of hydrogen-bond acceptors (Lipinski definition) is 3. The maximum Gasteiger partial charge on any atom is 0.138 e. The highest BCUT2D eigenvalue weighted by atomic mass is 32.2. The summed E-state index contributed by atoms with van der Waals surface area (Å²) >= 11 is 7.19. The zero-order valence-electron chi connectivity index (χ0n) is 29.0. The molecule has 1 nitrogen and oxygen atoms in total. The van der Waals surface area contributed by atoms with Crippen molar-refractivity contribution in [3.63, 3.8) is 0 Å². The van der Waals surface area contributed by atoms with Crippen LogP contribution in [0.5, 0.6) is 5.75 Å². The molecule has 0 aromatic heterocycles. The average molecular weight is 669 g/mol. The first-order valence-corrected chi connectivity index (χ1v) is 21.8. The van der Waals surface area contributed by atoms with E-state index in [-0.39, 0.29) is 0 Å². The number of benzene rings is 2. The summed E-state index contributed by atoms with van der Waals surface area (Å²) in [5, 5.41) is 0. The van der Waals surface area contributed by atoms with Crippen LogP contribution in [0.2, 0.25) is 0 Å². The zero-order chi connectivity index (χ0) is 31.3. The van der Waals surface area contributed by atoms with Crippen LogP contribution in [0.1, 0.15) is 205 Å². The van der Waals surface area contributed by atoms with E-state index >= 15 is 0 Å². The molecule has 6 unspecified atom stereocenters. The lowest BCUT2D eigenvalue weighted by molar-refractivity contribution is 0.402. The van der Waals surface area contributed by atoms with E-state index in [1.54, 1.807) is 39.9 Å². The van der Waals surface area contributed by atoms with Crippen molar-refractivity contribution in [1.82, 2.24) is 0 Å². The fourth-order valence-corrected chi connectivity index (χ4v) is 13.9. The van der Waals surface area contributed by atoms with E-state index in [4.69, 9.17) is 16.8 Å². The van der Waals surface area contributed by atoms with Crippen LogP contribution >= 0.6 is 24.7 Å². The largest absolute Gasteiger partial charge is 0.421 e. The van der Waals surface area contributed by atoms with Gasteiger partial charge in [-0.2, -0.15) is 0 Å². The minimum atomic E-state index is 0.692. The van der Waals surface area contributed by atoms with Crippen LogP contribution in [-0.2, 0) is 0 Å². The third-order valence-electron chi connectivity index (χ3n) is 15.0. The van der Waals surface area contributed by atoms with E-state index in [1.165, 1.54) is 157 Å². The Morgan fingerprint density at radius 2 is 0.957 bits per heavy atom.